The van der Waals surface area contributed by atoms with Gasteiger partial charge in [-0.25, -0.2) is 0 Å². The fraction of sp³-hybridized carbons (Fsp3) is 0. The fourth-order valence-electron chi connectivity index (χ4n) is 0. The van der Waals surface area contributed by atoms with E-state index in [1.807, 2.05) is 0 Å². The van der Waals surface area contributed by atoms with Crippen molar-refractivity contribution < 1.29 is 26.3 Å². The molecule has 0 bridgehead atoms. The zero-order valence-corrected chi connectivity index (χ0v) is 5.15. The Morgan fingerprint density at radius 3 is 1.75 bits per heavy atom. The van der Waals surface area contributed by atoms with Crippen LogP contribution in [0.5, 0.6) is 0 Å². The van der Waals surface area contributed by atoms with E-state index in [0.29, 0.717) is 0 Å². The fourth-order valence-corrected chi connectivity index (χ4v) is 0. The third-order valence-corrected chi connectivity index (χ3v) is 0. The van der Waals surface area contributed by atoms with Crippen LogP contribution in [-0.2, 0) is 26.3 Å². The van der Waals surface area contributed by atoms with E-state index < -0.39 is 0 Å². The van der Waals surface area contributed by atoms with Gasteiger partial charge in [0.15, 0.2) is 0 Å². The molecule has 0 fully saturated rings. The molecule has 4 heavy (non-hydrogen) atoms. The van der Waals surface area contributed by atoms with Crippen LogP contribution < -0.4 is 0 Å². The van der Waals surface area contributed by atoms with E-state index in [-0.39, 0.29) is 29.4 Å². The molecule has 0 aromatic heterocycles. The monoisotopic (exact) mass is 128 g/mol. The Bertz CT molecular complexity index is 15.5. The van der Waals surface area contributed by atoms with Gasteiger partial charge < -0.3 is 0 Å². The number of hydrogen-bond donors (Lipinski definition) is 1. The maximum absolute atomic E-state index is 8.77. The van der Waals surface area contributed by atoms with Crippen LogP contribution in [-0.4, -0.2) is 0 Å². The second-order valence-electron chi connectivity index (χ2n) is 0.0816. The summed E-state index contributed by atoms with van der Waals surface area (Å²) in [4.78, 5) is 0. The molecular weight excluding hydrogens is 127 g/mol. The van der Waals surface area contributed by atoms with Gasteiger partial charge in [-0.3, -0.25) is 4.57 Å². The van der Waals surface area contributed by atoms with Crippen LogP contribution in [0, 0.1) is 0 Å². The molecule has 0 amide bonds. The molecule has 0 aliphatic carbocycles. The summed E-state index contributed by atoms with van der Waals surface area (Å²) in [5.41, 5.74) is 0. The molecule has 22 valence electrons. The molecule has 0 aromatic rings. The van der Waals surface area contributed by atoms with E-state index in [1.54, 1.807) is 0 Å². The van der Waals surface area contributed by atoms with Gasteiger partial charge in [-0.15, -0.1) is 0 Å². The summed E-state index contributed by atoms with van der Waals surface area (Å²) in [5, 5.41) is 0. The van der Waals surface area contributed by atoms with Crippen molar-refractivity contribution in [3.8, 4) is 0 Å². The van der Waals surface area contributed by atoms with Crippen molar-refractivity contribution in [2.24, 2.45) is 0 Å². The molecule has 0 radical (unpaired) electrons. The Kier molecular flexibility index (Phi) is 19.9. The average molecular weight is 128 g/mol. The first-order valence-electron chi connectivity index (χ1n) is 0.383. The van der Waals surface area contributed by atoms with Gasteiger partial charge in [0.1, 0.15) is 0 Å². The van der Waals surface area contributed by atoms with Crippen molar-refractivity contribution >= 4 is 19.9 Å². The summed E-state index contributed by atoms with van der Waals surface area (Å²) >= 11 is 3.21. The summed E-state index contributed by atoms with van der Waals surface area (Å²) in [6.07, 6.45) is 0. The largest absolute Gasteiger partial charge is 0.262 e. The smallest absolute Gasteiger partial charge is 0.223 e. The Balaban J connectivity index is 0. The quantitative estimate of drug-likeness (QED) is 0.294. The predicted octanol–water partition coefficient (Wildman–Crippen LogP) is 1.12. The van der Waals surface area contributed by atoms with Gasteiger partial charge in [0, 0.05) is 21.7 Å². The maximum Gasteiger partial charge on any atom is 0.223 e. The third kappa shape index (κ3) is 10.9. The minimum Gasteiger partial charge on any atom is -0.262 e. The van der Waals surface area contributed by atoms with Gasteiger partial charge in [0.25, 0.3) is 0 Å². The zero-order chi connectivity index (χ0) is 2.71. The topological polar surface area (TPSA) is 17.1 Å². The van der Waals surface area contributed by atoms with Crippen LogP contribution in [0.2, 0.25) is 0 Å². The first-order valence-corrected chi connectivity index (χ1v) is 2.35. The Morgan fingerprint density at radius 1 is 1.75 bits per heavy atom. The molecular formula is HOPSTi. The first-order chi connectivity index (χ1) is 1.41. The van der Waals surface area contributed by atoms with Gasteiger partial charge in [0.05, 0.1) is 0 Å². The van der Waals surface area contributed by atoms with Gasteiger partial charge in [-0.2, -0.15) is 0 Å². The van der Waals surface area contributed by atoms with E-state index in [2.05, 4.69) is 12.2 Å². The van der Waals surface area contributed by atoms with E-state index in [1.165, 1.54) is 0 Å². The maximum atomic E-state index is 8.77. The summed E-state index contributed by atoms with van der Waals surface area (Å²) in [5.74, 6) is 0. The molecule has 0 aliphatic heterocycles. The Morgan fingerprint density at radius 2 is 1.75 bits per heavy atom. The second-order valence-corrected chi connectivity index (χ2v) is 0.735. The molecule has 0 spiro atoms. The summed E-state index contributed by atoms with van der Waals surface area (Å²) in [6.45, 7) is 0. The normalized spacial score (nSPS) is 5.25. The predicted molar refractivity (Wildman–Crippen MR) is 16.6 cm³/mol. The van der Waals surface area contributed by atoms with Crippen LogP contribution in [0.4, 0.5) is 0 Å². The SMILES string of the molecule is O=PS.[Ti]. The molecule has 0 aromatic carbocycles. The van der Waals surface area contributed by atoms with Gasteiger partial charge in [0.2, 0.25) is 7.66 Å². The van der Waals surface area contributed by atoms with Crippen molar-refractivity contribution in [2.75, 3.05) is 0 Å². The minimum absolute atomic E-state index is 0. The number of thiol groups is 1. The van der Waals surface area contributed by atoms with Crippen molar-refractivity contribution in [2.45, 2.75) is 0 Å². The molecule has 0 heterocycles. The number of hydrogen-bond acceptors (Lipinski definition) is 1. The van der Waals surface area contributed by atoms with Crippen LogP contribution >= 0.6 is 19.9 Å². The van der Waals surface area contributed by atoms with Crippen LogP contribution in [0.1, 0.15) is 0 Å². The van der Waals surface area contributed by atoms with Gasteiger partial charge >= 0.3 is 0 Å². The molecule has 1 nitrogen and oxygen atoms in total. The Labute approximate surface area is 46.4 Å². The van der Waals surface area contributed by atoms with Crippen molar-refractivity contribution in [1.29, 1.82) is 0 Å². The van der Waals surface area contributed by atoms with Crippen molar-refractivity contribution in [1.82, 2.24) is 0 Å². The standard InChI is InChI=1S/HOPS.Ti/c1-2-3;/h(H,1,3);. The van der Waals surface area contributed by atoms with Crippen molar-refractivity contribution in [3.05, 3.63) is 0 Å². The first kappa shape index (κ1) is 8.94. The molecule has 0 aliphatic rings. The summed E-state index contributed by atoms with van der Waals surface area (Å²) in [7, 11) is -0.139. The van der Waals surface area contributed by atoms with Crippen LogP contribution in [0.15, 0.2) is 0 Å². The van der Waals surface area contributed by atoms with E-state index in [9.17, 15) is 0 Å². The van der Waals surface area contributed by atoms with Gasteiger partial charge in [-0.05, 0) is 0 Å². The summed E-state index contributed by atoms with van der Waals surface area (Å²) in [6, 6.07) is 0. The van der Waals surface area contributed by atoms with E-state index in [0.717, 1.165) is 0 Å². The zero-order valence-electron chi connectivity index (χ0n) is 1.80. The van der Waals surface area contributed by atoms with Crippen molar-refractivity contribution in [3.63, 3.8) is 0 Å². The molecule has 0 unspecified atom stereocenters. The van der Waals surface area contributed by atoms with Crippen LogP contribution in [0.25, 0.3) is 0 Å². The summed E-state index contributed by atoms with van der Waals surface area (Å²) < 4.78 is 8.77. The molecule has 0 atom stereocenters. The van der Waals surface area contributed by atoms with E-state index >= 15 is 0 Å². The molecule has 0 rings (SSSR count). The molecule has 0 N–H and O–H groups in total. The third-order valence-electron chi connectivity index (χ3n) is 0. The number of rotatable bonds is 0. The van der Waals surface area contributed by atoms with E-state index in [4.69, 9.17) is 4.57 Å². The van der Waals surface area contributed by atoms with Gasteiger partial charge in [-0.1, -0.05) is 12.2 Å². The molecule has 4 heteroatoms. The van der Waals surface area contributed by atoms with Crippen LogP contribution in [0.3, 0.4) is 0 Å². The average Bonchev–Trinajstić information content (AvgIpc) is 0.918. The Hall–Kier alpha value is 1.16. The minimum atomic E-state index is -0.139. The molecule has 0 saturated carbocycles. The molecule has 0 saturated heterocycles. The second kappa shape index (κ2) is 8.90.